The molecule has 8 heteroatoms. The average molecular weight is 522 g/mol. The highest BCUT2D eigenvalue weighted by atomic mass is 35.5. The molecule has 2 aromatic rings. The summed E-state index contributed by atoms with van der Waals surface area (Å²) in [7, 11) is 0. The van der Waals surface area contributed by atoms with Crippen molar-refractivity contribution in [1.82, 2.24) is 15.2 Å². The van der Waals surface area contributed by atoms with Gasteiger partial charge in [-0.1, -0.05) is 63.8 Å². The fourth-order valence-electron chi connectivity index (χ4n) is 5.35. The van der Waals surface area contributed by atoms with Crippen LogP contribution in [0.4, 0.5) is 5.69 Å². The minimum atomic E-state index is -0.970. The predicted octanol–water partition coefficient (Wildman–Crippen LogP) is 5.50. The monoisotopic (exact) mass is 521 g/mol. The summed E-state index contributed by atoms with van der Waals surface area (Å²) in [6, 6.07) is 7.95. The molecular formula is C29H36ClN5O2. The maximum atomic E-state index is 14.2. The lowest BCUT2D eigenvalue weighted by Gasteiger charge is -2.36. The van der Waals surface area contributed by atoms with E-state index in [-0.39, 0.29) is 23.3 Å². The highest BCUT2D eigenvalue weighted by molar-refractivity contribution is 6.30. The molecule has 1 saturated carbocycles. The van der Waals surface area contributed by atoms with E-state index in [2.05, 4.69) is 37.3 Å². The molecule has 2 atom stereocenters. The Morgan fingerprint density at radius 2 is 1.81 bits per heavy atom. The first-order chi connectivity index (χ1) is 17.7. The number of halogens is 1. The minimum Gasteiger partial charge on any atom is -0.351 e. The highest BCUT2D eigenvalue weighted by Crippen LogP contribution is 2.34. The van der Waals surface area contributed by atoms with E-state index >= 15 is 0 Å². The van der Waals surface area contributed by atoms with E-state index in [1.807, 2.05) is 24.3 Å². The van der Waals surface area contributed by atoms with Gasteiger partial charge in [-0.2, -0.15) is 5.26 Å². The third-order valence-electron chi connectivity index (χ3n) is 7.42. The predicted molar refractivity (Wildman–Crippen MR) is 145 cm³/mol. The quantitative estimate of drug-likeness (QED) is 0.507. The molecule has 1 aliphatic heterocycles. The maximum Gasteiger partial charge on any atom is 0.251 e. The Bertz CT molecular complexity index is 1150. The first-order valence-electron chi connectivity index (χ1n) is 13.2. The molecule has 0 bridgehead atoms. The Balaban J connectivity index is 1.80. The minimum absolute atomic E-state index is 0.0644. The number of benzene rings is 1. The Morgan fingerprint density at radius 3 is 2.43 bits per heavy atom. The van der Waals surface area contributed by atoms with Crippen molar-refractivity contribution in [1.29, 1.82) is 5.26 Å². The molecule has 0 radical (unpaired) electrons. The molecule has 1 aliphatic carbocycles. The van der Waals surface area contributed by atoms with Crippen LogP contribution in [0.3, 0.4) is 0 Å². The number of nitrogens with one attached hydrogen (secondary N) is 1. The first kappa shape index (κ1) is 26.9. The number of nitrogens with zero attached hydrogens (tertiary/aromatic N) is 4. The second-order valence-electron chi connectivity index (χ2n) is 11.1. The van der Waals surface area contributed by atoms with Gasteiger partial charge < -0.3 is 5.32 Å². The molecule has 196 valence electrons. The van der Waals surface area contributed by atoms with Gasteiger partial charge in [0, 0.05) is 36.2 Å². The van der Waals surface area contributed by atoms with Crippen LogP contribution in [0.15, 0.2) is 42.7 Å². The van der Waals surface area contributed by atoms with Gasteiger partial charge in [-0.25, -0.2) is 0 Å². The van der Waals surface area contributed by atoms with Crippen LogP contribution in [0, 0.1) is 11.5 Å². The smallest absolute Gasteiger partial charge is 0.251 e. The normalized spacial score (nSPS) is 19.2. The third kappa shape index (κ3) is 6.24. The van der Waals surface area contributed by atoms with E-state index in [0.29, 0.717) is 29.2 Å². The van der Waals surface area contributed by atoms with Crippen LogP contribution in [-0.2, 0) is 15.0 Å². The van der Waals surface area contributed by atoms with Gasteiger partial charge in [0.2, 0.25) is 5.91 Å². The van der Waals surface area contributed by atoms with Gasteiger partial charge >= 0.3 is 0 Å². The molecule has 2 heterocycles. The Kier molecular flexibility index (Phi) is 8.39. The summed E-state index contributed by atoms with van der Waals surface area (Å²) in [5.41, 5.74) is 2.20. The Labute approximate surface area is 224 Å². The summed E-state index contributed by atoms with van der Waals surface area (Å²) in [5.74, 6) is -0.531. The van der Waals surface area contributed by atoms with Crippen molar-refractivity contribution >= 4 is 29.1 Å². The summed E-state index contributed by atoms with van der Waals surface area (Å²) >= 11 is 6.31. The Morgan fingerprint density at radius 1 is 1.11 bits per heavy atom. The zero-order valence-electron chi connectivity index (χ0n) is 21.9. The molecule has 2 unspecified atom stereocenters. The molecular weight excluding hydrogens is 486 g/mol. The van der Waals surface area contributed by atoms with Gasteiger partial charge in [-0.15, -0.1) is 0 Å². The van der Waals surface area contributed by atoms with Crippen LogP contribution in [-0.4, -0.2) is 40.3 Å². The fourth-order valence-corrected chi connectivity index (χ4v) is 5.53. The molecule has 7 nitrogen and oxygen atoms in total. The Hall–Kier alpha value is -3.11. The van der Waals surface area contributed by atoms with Crippen molar-refractivity contribution in [2.45, 2.75) is 89.3 Å². The van der Waals surface area contributed by atoms with Crippen molar-refractivity contribution in [3.05, 3.63) is 58.9 Å². The van der Waals surface area contributed by atoms with E-state index in [4.69, 9.17) is 11.6 Å². The van der Waals surface area contributed by atoms with E-state index < -0.39 is 12.1 Å². The SMILES string of the molecule is CC(C)(C)c1ccc(N(C(=O)C2CCCN2C#N)C(C(=O)NC2CCCCC2)c2cncc(Cl)c2)cc1. The number of likely N-dealkylation sites (tertiary alicyclic amines) is 1. The van der Waals surface area contributed by atoms with Gasteiger partial charge in [0.05, 0.1) is 5.02 Å². The first-order valence-corrected chi connectivity index (χ1v) is 13.6. The van der Waals surface area contributed by atoms with Crippen LogP contribution >= 0.6 is 11.6 Å². The number of hydrogen-bond acceptors (Lipinski definition) is 5. The molecule has 1 aromatic carbocycles. The van der Waals surface area contributed by atoms with Gasteiger partial charge in [0.25, 0.3) is 5.91 Å². The van der Waals surface area contributed by atoms with Crippen molar-refractivity contribution in [2.75, 3.05) is 11.4 Å². The number of carbonyl (C=O) groups excluding carboxylic acids is 2. The third-order valence-corrected chi connectivity index (χ3v) is 7.62. The van der Waals surface area contributed by atoms with Gasteiger partial charge in [0.1, 0.15) is 12.1 Å². The van der Waals surface area contributed by atoms with E-state index in [1.54, 1.807) is 17.2 Å². The molecule has 2 amide bonds. The van der Waals surface area contributed by atoms with Crippen molar-refractivity contribution < 1.29 is 9.59 Å². The lowest BCUT2D eigenvalue weighted by atomic mass is 9.87. The number of carbonyl (C=O) groups is 2. The molecule has 1 saturated heterocycles. The van der Waals surface area contributed by atoms with Crippen molar-refractivity contribution in [2.24, 2.45) is 0 Å². The lowest BCUT2D eigenvalue weighted by Crippen LogP contribution is -2.51. The lowest BCUT2D eigenvalue weighted by molar-refractivity contribution is -0.128. The number of anilines is 1. The molecule has 2 fully saturated rings. The number of amides is 2. The van der Waals surface area contributed by atoms with Crippen LogP contribution in [0.5, 0.6) is 0 Å². The zero-order valence-corrected chi connectivity index (χ0v) is 22.7. The fraction of sp³-hybridized carbons (Fsp3) is 0.517. The second kappa shape index (κ2) is 11.5. The zero-order chi connectivity index (χ0) is 26.6. The number of nitriles is 1. The molecule has 2 aliphatic rings. The van der Waals surface area contributed by atoms with E-state index in [9.17, 15) is 14.9 Å². The average Bonchev–Trinajstić information content (AvgIpc) is 3.36. The van der Waals surface area contributed by atoms with Crippen LogP contribution in [0.1, 0.15) is 82.9 Å². The summed E-state index contributed by atoms with van der Waals surface area (Å²) in [6.07, 6.45) is 11.7. The van der Waals surface area contributed by atoms with Crippen LogP contribution < -0.4 is 10.2 Å². The highest BCUT2D eigenvalue weighted by Gasteiger charge is 2.41. The molecule has 1 N–H and O–H groups in total. The summed E-state index contributed by atoms with van der Waals surface area (Å²) < 4.78 is 0. The van der Waals surface area contributed by atoms with Crippen LogP contribution in [0.2, 0.25) is 5.02 Å². The largest absolute Gasteiger partial charge is 0.351 e. The molecule has 4 rings (SSSR count). The number of pyridine rings is 1. The van der Waals surface area contributed by atoms with Crippen molar-refractivity contribution in [3.63, 3.8) is 0 Å². The second-order valence-corrected chi connectivity index (χ2v) is 11.6. The number of rotatable bonds is 6. The van der Waals surface area contributed by atoms with Gasteiger partial charge in [0.15, 0.2) is 6.19 Å². The topological polar surface area (TPSA) is 89.3 Å². The molecule has 1 aromatic heterocycles. The van der Waals surface area contributed by atoms with E-state index in [0.717, 1.165) is 37.7 Å². The standard InChI is InChI=1S/C29H36ClN5O2/c1-29(2,3)21-11-13-24(14-12-21)35(28(37)25-10-7-15-34(25)19-31)26(20-16-22(30)18-32-17-20)27(36)33-23-8-5-4-6-9-23/h11-14,16-18,23,25-26H,4-10,15H2,1-3H3,(H,33,36). The van der Waals surface area contributed by atoms with E-state index in [1.165, 1.54) is 17.5 Å². The van der Waals surface area contributed by atoms with Gasteiger partial charge in [-0.05, 0) is 54.9 Å². The maximum absolute atomic E-state index is 14.2. The van der Waals surface area contributed by atoms with Crippen LogP contribution in [0.25, 0.3) is 0 Å². The summed E-state index contributed by atoms with van der Waals surface area (Å²) in [4.78, 5) is 35.5. The van der Waals surface area contributed by atoms with Gasteiger partial charge in [-0.3, -0.25) is 24.4 Å². The summed E-state index contributed by atoms with van der Waals surface area (Å²) in [6.45, 7) is 6.92. The molecule has 37 heavy (non-hydrogen) atoms. The molecule has 0 spiro atoms. The van der Waals surface area contributed by atoms with Crippen molar-refractivity contribution in [3.8, 4) is 6.19 Å². The number of hydrogen-bond donors (Lipinski definition) is 1. The number of aromatic nitrogens is 1. The summed E-state index contributed by atoms with van der Waals surface area (Å²) in [5, 5.41) is 13.3.